The molecule has 0 spiro atoms. The van der Waals surface area contributed by atoms with E-state index in [9.17, 15) is 18.0 Å². The van der Waals surface area contributed by atoms with Gasteiger partial charge in [0.2, 0.25) is 10.0 Å². The van der Waals surface area contributed by atoms with Crippen LogP contribution < -0.4 is 4.90 Å². The van der Waals surface area contributed by atoms with Crippen LogP contribution in [0.2, 0.25) is 5.02 Å². The van der Waals surface area contributed by atoms with E-state index < -0.39 is 29.1 Å². The number of fused-ring (bicyclic) bond motifs is 1. The van der Waals surface area contributed by atoms with Crippen molar-refractivity contribution in [3.63, 3.8) is 0 Å². The average molecular weight is 437 g/mol. The number of amides is 1. The first-order valence-corrected chi connectivity index (χ1v) is 10.9. The van der Waals surface area contributed by atoms with Crippen molar-refractivity contribution in [2.75, 3.05) is 31.6 Å². The topological polar surface area (TPSA) is 84.0 Å². The Morgan fingerprint density at radius 2 is 1.83 bits per heavy atom. The third kappa shape index (κ3) is 4.95. The highest BCUT2D eigenvalue weighted by molar-refractivity contribution is 7.89. The Bertz CT molecular complexity index is 1010. The van der Waals surface area contributed by atoms with E-state index in [1.165, 1.54) is 31.3 Å². The molecular formula is C20H21ClN2O5S. The second-order valence-corrected chi connectivity index (χ2v) is 9.13. The van der Waals surface area contributed by atoms with Crippen molar-refractivity contribution in [3.8, 4) is 0 Å². The number of aryl methyl sites for hydroxylation is 1. The summed E-state index contributed by atoms with van der Waals surface area (Å²) in [5.41, 5.74) is 1.90. The van der Waals surface area contributed by atoms with Gasteiger partial charge in [-0.25, -0.2) is 8.42 Å². The van der Waals surface area contributed by atoms with Crippen molar-refractivity contribution in [2.45, 2.75) is 17.7 Å². The zero-order valence-electron chi connectivity index (χ0n) is 15.9. The molecule has 1 aliphatic heterocycles. The van der Waals surface area contributed by atoms with Gasteiger partial charge in [0.15, 0.2) is 6.61 Å². The number of benzene rings is 2. The first kappa shape index (κ1) is 21.3. The molecule has 0 aromatic heterocycles. The summed E-state index contributed by atoms with van der Waals surface area (Å²) in [5, 5.41) is 0.406. The van der Waals surface area contributed by atoms with E-state index >= 15 is 0 Å². The Morgan fingerprint density at radius 3 is 2.55 bits per heavy atom. The normalized spacial score (nSPS) is 13.8. The molecule has 7 nitrogen and oxygen atoms in total. The molecule has 9 heteroatoms. The Hall–Kier alpha value is -2.42. The van der Waals surface area contributed by atoms with Crippen molar-refractivity contribution in [3.05, 3.63) is 59.1 Å². The highest BCUT2D eigenvalue weighted by Crippen LogP contribution is 2.26. The molecule has 29 heavy (non-hydrogen) atoms. The summed E-state index contributed by atoms with van der Waals surface area (Å²) in [6, 6.07) is 13.2. The number of para-hydroxylation sites is 1. The van der Waals surface area contributed by atoms with Crippen molar-refractivity contribution in [1.29, 1.82) is 0 Å². The molecular weight excluding hydrogens is 416 g/mol. The molecule has 2 aromatic rings. The van der Waals surface area contributed by atoms with Gasteiger partial charge < -0.3 is 9.64 Å². The monoisotopic (exact) mass is 436 g/mol. The van der Waals surface area contributed by atoms with E-state index in [1.807, 2.05) is 24.3 Å². The van der Waals surface area contributed by atoms with Crippen LogP contribution in [0, 0.1) is 0 Å². The fourth-order valence-corrected chi connectivity index (χ4v) is 4.35. The first-order valence-electron chi connectivity index (χ1n) is 9.05. The molecule has 0 bridgehead atoms. The lowest BCUT2D eigenvalue weighted by molar-refractivity contribution is -0.147. The molecule has 0 N–H and O–H groups in total. The van der Waals surface area contributed by atoms with E-state index in [0.717, 1.165) is 28.4 Å². The fourth-order valence-electron chi connectivity index (χ4n) is 3.11. The third-order valence-corrected chi connectivity index (χ3v) is 6.71. The summed E-state index contributed by atoms with van der Waals surface area (Å²) < 4.78 is 30.9. The molecule has 0 saturated carbocycles. The highest BCUT2D eigenvalue weighted by atomic mass is 35.5. The van der Waals surface area contributed by atoms with Gasteiger partial charge in [0, 0.05) is 24.3 Å². The van der Waals surface area contributed by atoms with Gasteiger partial charge in [-0.2, -0.15) is 4.31 Å². The van der Waals surface area contributed by atoms with Crippen molar-refractivity contribution in [2.24, 2.45) is 0 Å². The number of rotatable bonds is 6. The van der Waals surface area contributed by atoms with Gasteiger partial charge in [0.1, 0.15) is 6.54 Å². The zero-order chi connectivity index (χ0) is 21.0. The number of ether oxygens (including phenoxy) is 1. The Balaban J connectivity index is 1.57. The van der Waals surface area contributed by atoms with Gasteiger partial charge in [-0.05, 0) is 48.7 Å². The number of carbonyl (C=O) groups excluding carboxylic acids is 2. The number of esters is 1. The number of carbonyl (C=O) groups is 2. The molecule has 0 radical (unpaired) electrons. The molecule has 0 unspecified atom stereocenters. The smallest absolute Gasteiger partial charge is 0.321 e. The lowest BCUT2D eigenvalue weighted by Crippen LogP contribution is -2.39. The average Bonchev–Trinajstić information content (AvgIpc) is 2.71. The van der Waals surface area contributed by atoms with Gasteiger partial charge in [-0.1, -0.05) is 29.8 Å². The van der Waals surface area contributed by atoms with Crippen LogP contribution in [-0.2, 0) is 30.8 Å². The first-order chi connectivity index (χ1) is 13.8. The van der Waals surface area contributed by atoms with E-state index in [-0.39, 0.29) is 10.8 Å². The minimum atomic E-state index is -3.87. The number of sulfonamides is 1. The molecule has 154 valence electrons. The van der Waals surface area contributed by atoms with E-state index in [2.05, 4.69) is 0 Å². The van der Waals surface area contributed by atoms with Crippen LogP contribution in [0.1, 0.15) is 12.0 Å². The summed E-state index contributed by atoms with van der Waals surface area (Å²) >= 11 is 5.77. The second-order valence-electron chi connectivity index (χ2n) is 6.65. The molecule has 3 rings (SSSR count). The fraction of sp³-hybridized carbons (Fsp3) is 0.300. The lowest BCUT2D eigenvalue weighted by atomic mass is 10.0. The standard InChI is InChI=1S/C20H21ClN2O5S/c1-22(29(26,27)17-10-8-16(21)9-11-17)13-20(25)28-14-19(24)23-12-4-6-15-5-2-3-7-18(15)23/h2-3,5,7-11H,4,6,12-14H2,1H3. The summed E-state index contributed by atoms with van der Waals surface area (Å²) in [6.07, 6.45) is 1.73. The number of hydrogen-bond donors (Lipinski definition) is 0. The van der Waals surface area contributed by atoms with Gasteiger partial charge >= 0.3 is 5.97 Å². The lowest BCUT2D eigenvalue weighted by Gasteiger charge is -2.29. The number of anilines is 1. The maximum absolute atomic E-state index is 12.5. The SMILES string of the molecule is CN(CC(=O)OCC(=O)N1CCCc2ccccc21)S(=O)(=O)c1ccc(Cl)cc1. The Labute approximate surface area is 174 Å². The molecule has 0 atom stereocenters. The summed E-state index contributed by atoms with van der Waals surface area (Å²) in [5.74, 6) is -1.14. The van der Waals surface area contributed by atoms with Crippen molar-refractivity contribution >= 4 is 39.2 Å². The van der Waals surface area contributed by atoms with Crippen molar-refractivity contribution < 1.29 is 22.7 Å². The largest absolute Gasteiger partial charge is 0.455 e. The Morgan fingerprint density at radius 1 is 1.14 bits per heavy atom. The highest BCUT2D eigenvalue weighted by Gasteiger charge is 2.26. The van der Waals surface area contributed by atoms with E-state index in [4.69, 9.17) is 16.3 Å². The van der Waals surface area contributed by atoms with Crippen molar-refractivity contribution in [1.82, 2.24) is 4.31 Å². The van der Waals surface area contributed by atoms with Gasteiger partial charge in [-0.3, -0.25) is 9.59 Å². The number of likely N-dealkylation sites (N-methyl/N-ethyl adjacent to an activating group) is 1. The van der Waals surface area contributed by atoms with E-state index in [0.29, 0.717) is 11.6 Å². The maximum Gasteiger partial charge on any atom is 0.321 e. The summed E-state index contributed by atoms with van der Waals surface area (Å²) in [6.45, 7) is -0.394. The third-order valence-electron chi connectivity index (χ3n) is 4.64. The molecule has 0 aliphatic carbocycles. The minimum Gasteiger partial charge on any atom is -0.455 e. The van der Waals surface area contributed by atoms with Crippen LogP contribution in [0.3, 0.4) is 0 Å². The molecule has 1 amide bonds. The predicted octanol–water partition coefficient (Wildman–Crippen LogP) is 2.48. The number of hydrogen-bond acceptors (Lipinski definition) is 5. The quantitative estimate of drug-likeness (QED) is 0.649. The second kappa shape index (κ2) is 8.94. The van der Waals surface area contributed by atoms with Gasteiger partial charge in [0.05, 0.1) is 4.90 Å². The maximum atomic E-state index is 12.5. The summed E-state index contributed by atoms with van der Waals surface area (Å²) in [7, 11) is -2.60. The van der Waals surface area contributed by atoms with Crippen LogP contribution in [0.25, 0.3) is 0 Å². The molecule has 1 aliphatic rings. The minimum absolute atomic E-state index is 0.0122. The molecule has 1 heterocycles. The summed E-state index contributed by atoms with van der Waals surface area (Å²) in [4.78, 5) is 26.2. The Kier molecular flexibility index (Phi) is 6.56. The molecule has 0 fully saturated rings. The van der Waals surface area contributed by atoms with Crippen LogP contribution in [0.15, 0.2) is 53.4 Å². The van der Waals surface area contributed by atoms with Gasteiger partial charge in [-0.15, -0.1) is 0 Å². The van der Waals surface area contributed by atoms with Crippen LogP contribution in [0.5, 0.6) is 0 Å². The van der Waals surface area contributed by atoms with Crippen LogP contribution in [0.4, 0.5) is 5.69 Å². The predicted molar refractivity (Wildman–Crippen MR) is 109 cm³/mol. The zero-order valence-corrected chi connectivity index (χ0v) is 17.4. The van der Waals surface area contributed by atoms with Crippen LogP contribution in [-0.4, -0.2) is 51.3 Å². The number of halogens is 1. The van der Waals surface area contributed by atoms with Crippen LogP contribution >= 0.6 is 11.6 Å². The van der Waals surface area contributed by atoms with E-state index in [1.54, 1.807) is 4.90 Å². The molecule has 2 aromatic carbocycles. The van der Waals surface area contributed by atoms with Gasteiger partial charge in [0.25, 0.3) is 5.91 Å². The number of nitrogens with zero attached hydrogens (tertiary/aromatic N) is 2. The molecule has 0 saturated heterocycles.